The zero-order chi connectivity index (χ0) is 4.83. The highest BCUT2D eigenvalue weighted by atomic mass is 28.2. The van der Waals surface area contributed by atoms with E-state index in [2.05, 4.69) is 18.8 Å². The molecule has 38 valence electrons. The maximum Gasteiger partial charge on any atom is 0.0334 e. The van der Waals surface area contributed by atoms with Gasteiger partial charge in [-0.05, 0) is 12.7 Å². The zero-order valence-corrected chi connectivity index (χ0v) is 6.04. The Labute approximate surface area is 42.0 Å². The first-order valence-electron chi connectivity index (χ1n) is 2.62. The Morgan fingerprint density at radius 1 is 1.67 bits per heavy atom. The fourth-order valence-electron chi connectivity index (χ4n) is 0.354. The van der Waals surface area contributed by atoms with E-state index in [9.17, 15) is 0 Å². The molecule has 0 saturated heterocycles. The maximum atomic E-state index is 3.26. The molecule has 0 fully saturated rings. The number of rotatable bonds is 3. The van der Waals surface area contributed by atoms with Crippen molar-refractivity contribution in [1.29, 1.82) is 0 Å². The largest absolute Gasteiger partial charge is 0.320 e. The zero-order valence-electron chi connectivity index (χ0n) is 4.62. The summed E-state index contributed by atoms with van der Waals surface area (Å²) < 4.78 is 0. The van der Waals surface area contributed by atoms with Crippen molar-refractivity contribution in [3.63, 3.8) is 0 Å². The molecule has 0 amide bonds. The molecule has 1 N–H and O–H groups in total. The highest BCUT2D eigenvalue weighted by Crippen LogP contribution is 1.52. The van der Waals surface area contributed by atoms with Crippen molar-refractivity contribution in [2.45, 2.75) is 13.5 Å². The molecule has 0 aromatic rings. The number of hydrogen-bond acceptors (Lipinski definition) is 1. The van der Waals surface area contributed by atoms with Gasteiger partial charge in [0, 0.05) is 9.52 Å². The Morgan fingerprint density at radius 2 is 2.33 bits per heavy atom. The Kier molecular flexibility index (Phi) is 5.33. The summed E-state index contributed by atoms with van der Waals surface area (Å²) in [6.07, 6.45) is 1.30. The second-order valence-corrected chi connectivity index (χ2v) is 2.85. The summed E-state index contributed by atoms with van der Waals surface area (Å²) in [4.78, 5) is 0. The lowest BCUT2D eigenvalue weighted by Crippen LogP contribution is -2.17. The molecule has 0 aromatic heterocycles. The molecule has 0 unspecified atom stereocenters. The van der Waals surface area contributed by atoms with Crippen molar-refractivity contribution >= 4 is 9.52 Å². The Bertz CT molecular complexity index is 19.5. The van der Waals surface area contributed by atoms with Crippen LogP contribution in [-0.2, 0) is 0 Å². The monoisotopic (exact) mass is 103 g/mol. The van der Waals surface area contributed by atoms with Crippen LogP contribution in [0.5, 0.6) is 0 Å². The van der Waals surface area contributed by atoms with Gasteiger partial charge in [0.25, 0.3) is 0 Å². The van der Waals surface area contributed by atoms with Crippen LogP contribution in [0.3, 0.4) is 0 Å². The summed E-state index contributed by atoms with van der Waals surface area (Å²) in [5, 5.41) is 3.26. The van der Waals surface area contributed by atoms with Gasteiger partial charge in [-0.3, -0.25) is 0 Å². The quantitative estimate of drug-likeness (QED) is 0.384. The Morgan fingerprint density at radius 3 is 2.50 bits per heavy atom. The highest BCUT2D eigenvalue weighted by Gasteiger charge is 1.72. The van der Waals surface area contributed by atoms with Crippen molar-refractivity contribution in [2.24, 2.45) is 0 Å². The van der Waals surface area contributed by atoms with Gasteiger partial charge in [0.2, 0.25) is 0 Å². The van der Waals surface area contributed by atoms with Crippen LogP contribution in [0.2, 0.25) is 6.55 Å². The van der Waals surface area contributed by atoms with Gasteiger partial charge in [0.15, 0.2) is 0 Å². The summed E-state index contributed by atoms with van der Waals surface area (Å²) in [7, 11) is 0.292. The highest BCUT2D eigenvalue weighted by molar-refractivity contribution is 6.33. The van der Waals surface area contributed by atoms with E-state index in [1.54, 1.807) is 0 Å². The molecule has 0 rings (SSSR count). The molecule has 6 heavy (non-hydrogen) atoms. The van der Waals surface area contributed by atoms with E-state index in [1.165, 1.54) is 6.17 Å². The van der Waals surface area contributed by atoms with E-state index in [1.807, 2.05) is 0 Å². The molecule has 0 atom stereocenters. The van der Waals surface area contributed by atoms with Crippen LogP contribution in [-0.4, -0.2) is 22.2 Å². The lowest BCUT2D eigenvalue weighted by molar-refractivity contribution is 0.830. The van der Waals surface area contributed by atoms with E-state index >= 15 is 0 Å². The second kappa shape index (κ2) is 5.18. The smallest absolute Gasteiger partial charge is 0.0334 e. The summed E-state index contributed by atoms with van der Waals surface area (Å²) in [6, 6.07) is 0. The summed E-state index contributed by atoms with van der Waals surface area (Å²) in [5.41, 5.74) is 0. The SMILES string of the molecule is CCNC[SiH2]C. The minimum absolute atomic E-state index is 0.292. The van der Waals surface area contributed by atoms with Gasteiger partial charge < -0.3 is 5.32 Å². The van der Waals surface area contributed by atoms with Crippen LogP contribution in [0, 0.1) is 0 Å². The lowest BCUT2D eigenvalue weighted by atomic mass is 10.8. The molecule has 0 aliphatic heterocycles. The van der Waals surface area contributed by atoms with Crippen molar-refractivity contribution < 1.29 is 0 Å². The fourth-order valence-corrected chi connectivity index (χ4v) is 1.06. The first-order valence-corrected chi connectivity index (χ1v) is 5.04. The fraction of sp³-hybridized carbons (Fsp3) is 1.00. The predicted octanol–water partition coefficient (Wildman–Crippen LogP) is -0.230. The van der Waals surface area contributed by atoms with Crippen LogP contribution in [0.25, 0.3) is 0 Å². The van der Waals surface area contributed by atoms with Crippen molar-refractivity contribution in [1.82, 2.24) is 5.32 Å². The van der Waals surface area contributed by atoms with Gasteiger partial charge in [0.1, 0.15) is 0 Å². The third-order valence-electron chi connectivity index (χ3n) is 0.677. The minimum atomic E-state index is 0.292. The Balaban J connectivity index is 2.34. The average Bonchev–Trinajstić information content (AvgIpc) is 1.61. The lowest BCUT2D eigenvalue weighted by Gasteiger charge is -1.91. The molecule has 0 bridgehead atoms. The molecular weight excluding hydrogens is 90.1 g/mol. The molecule has 0 radical (unpaired) electrons. The predicted molar refractivity (Wildman–Crippen MR) is 33.0 cm³/mol. The van der Waals surface area contributed by atoms with Gasteiger partial charge in [0.05, 0.1) is 0 Å². The molecule has 0 heterocycles. The minimum Gasteiger partial charge on any atom is -0.320 e. The average molecular weight is 103 g/mol. The van der Waals surface area contributed by atoms with Crippen LogP contribution < -0.4 is 5.32 Å². The first-order chi connectivity index (χ1) is 2.91. The molecule has 2 heteroatoms. The molecule has 0 aromatic carbocycles. The van der Waals surface area contributed by atoms with Crippen LogP contribution in [0.15, 0.2) is 0 Å². The van der Waals surface area contributed by atoms with Gasteiger partial charge in [-0.2, -0.15) is 0 Å². The van der Waals surface area contributed by atoms with Gasteiger partial charge in [-0.15, -0.1) is 0 Å². The molecule has 0 saturated carbocycles. The maximum absolute atomic E-state index is 3.26. The van der Waals surface area contributed by atoms with Crippen LogP contribution >= 0.6 is 0 Å². The van der Waals surface area contributed by atoms with Crippen LogP contribution in [0.4, 0.5) is 0 Å². The first kappa shape index (κ1) is 6.18. The van der Waals surface area contributed by atoms with E-state index in [4.69, 9.17) is 0 Å². The summed E-state index contributed by atoms with van der Waals surface area (Å²) in [6.45, 7) is 5.59. The molecule has 0 spiro atoms. The molecule has 0 aliphatic carbocycles. The topological polar surface area (TPSA) is 12.0 Å². The molecule has 1 nitrogen and oxygen atoms in total. The van der Waals surface area contributed by atoms with Crippen LogP contribution in [0.1, 0.15) is 6.92 Å². The third-order valence-corrected chi connectivity index (χ3v) is 1.53. The number of nitrogens with one attached hydrogen (secondary N) is 1. The second-order valence-electron chi connectivity index (χ2n) is 1.35. The Hall–Kier alpha value is 0.177. The summed E-state index contributed by atoms with van der Waals surface area (Å²) in [5.74, 6) is 0. The van der Waals surface area contributed by atoms with Crippen molar-refractivity contribution in [2.75, 3.05) is 12.7 Å². The summed E-state index contributed by atoms with van der Waals surface area (Å²) >= 11 is 0. The van der Waals surface area contributed by atoms with Gasteiger partial charge >= 0.3 is 0 Å². The van der Waals surface area contributed by atoms with E-state index in [0.717, 1.165) is 6.54 Å². The van der Waals surface area contributed by atoms with Gasteiger partial charge in [-0.1, -0.05) is 13.5 Å². The van der Waals surface area contributed by atoms with E-state index in [-0.39, 0.29) is 0 Å². The molecular formula is C4H13NSi. The third kappa shape index (κ3) is 4.18. The van der Waals surface area contributed by atoms with Crippen molar-refractivity contribution in [3.05, 3.63) is 0 Å². The number of hydrogen-bond donors (Lipinski definition) is 1. The normalized spacial score (nSPS) is 11.0. The van der Waals surface area contributed by atoms with Crippen molar-refractivity contribution in [3.8, 4) is 0 Å². The molecule has 0 aliphatic rings. The van der Waals surface area contributed by atoms with E-state index in [0.29, 0.717) is 9.52 Å². The standard InChI is InChI=1S/C4H13NSi/c1-3-5-4-6-2/h5H,3-4,6H2,1-2H3. The van der Waals surface area contributed by atoms with Gasteiger partial charge in [-0.25, -0.2) is 0 Å². The van der Waals surface area contributed by atoms with E-state index < -0.39 is 0 Å².